The second-order valence-electron chi connectivity index (χ2n) is 3.42. The van der Waals surface area contributed by atoms with E-state index in [1.54, 1.807) is 0 Å². The molecule has 8 heteroatoms. The van der Waals surface area contributed by atoms with E-state index in [1.807, 2.05) is 5.32 Å². The fourth-order valence-electron chi connectivity index (χ4n) is 1.11. The molecular weight excluding hydrogens is 255 g/mol. The van der Waals surface area contributed by atoms with E-state index >= 15 is 0 Å². The third-order valence-electron chi connectivity index (χ3n) is 2.11. The second-order valence-corrected chi connectivity index (χ2v) is 3.42. The number of rotatable bonds is 5. The molecule has 5 nitrogen and oxygen atoms in total. The van der Waals surface area contributed by atoms with Gasteiger partial charge in [0.15, 0.2) is 0 Å². The predicted octanol–water partition coefficient (Wildman–Crippen LogP) is 1.86. The number of amides is 1. The maximum Gasteiger partial charge on any atom is 0.407 e. The van der Waals surface area contributed by atoms with Crippen molar-refractivity contribution in [1.29, 1.82) is 0 Å². The third-order valence-corrected chi connectivity index (χ3v) is 2.11. The van der Waals surface area contributed by atoms with Crippen molar-refractivity contribution < 1.29 is 32.2 Å². The first-order valence-electron chi connectivity index (χ1n) is 5.40. The highest BCUT2D eigenvalue weighted by Crippen LogP contribution is 2.29. The molecule has 2 unspecified atom stereocenters. The summed E-state index contributed by atoms with van der Waals surface area (Å²) in [7, 11) is 0. The maximum absolute atomic E-state index is 12.5. The molecule has 0 bridgehead atoms. The van der Waals surface area contributed by atoms with Crippen LogP contribution >= 0.6 is 0 Å². The number of alkyl carbamates (subject to hydrolysis) is 1. The average Bonchev–Trinajstić information content (AvgIpc) is 2.24. The Labute approximate surface area is 103 Å². The number of carbonyl (C=O) groups is 2. The summed E-state index contributed by atoms with van der Waals surface area (Å²) in [6, 6.07) is -1.82. The minimum atomic E-state index is -4.63. The first kappa shape index (κ1) is 16.5. The summed E-state index contributed by atoms with van der Waals surface area (Å²) in [6.07, 6.45) is -5.72. The van der Waals surface area contributed by atoms with Gasteiger partial charge in [-0.1, -0.05) is 6.92 Å². The summed E-state index contributed by atoms with van der Waals surface area (Å²) in [6.45, 7) is 3.64. The molecule has 0 aliphatic rings. The molecule has 0 fully saturated rings. The number of carbonyl (C=O) groups excluding carboxylic acids is 2. The number of hydrogen-bond acceptors (Lipinski definition) is 4. The van der Waals surface area contributed by atoms with Crippen LogP contribution in [0, 0.1) is 5.92 Å². The number of ether oxygens (including phenoxy) is 2. The Morgan fingerprint density at radius 2 is 1.67 bits per heavy atom. The van der Waals surface area contributed by atoms with Crippen molar-refractivity contribution in [3.63, 3.8) is 0 Å². The summed E-state index contributed by atoms with van der Waals surface area (Å²) in [5, 5.41) is 1.85. The Kier molecular flexibility index (Phi) is 6.50. The van der Waals surface area contributed by atoms with Crippen LogP contribution in [0.15, 0.2) is 0 Å². The summed E-state index contributed by atoms with van der Waals surface area (Å²) in [5.74, 6) is -3.21. The Hall–Kier alpha value is -1.47. The fraction of sp³-hybridized carbons (Fsp3) is 0.800. The van der Waals surface area contributed by atoms with Crippen LogP contribution in [0.5, 0.6) is 0 Å². The molecule has 0 radical (unpaired) electrons. The summed E-state index contributed by atoms with van der Waals surface area (Å²) < 4.78 is 46.5. The van der Waals surface area contributed by atoms with E-state index in [2.05, 4.69) is 9.47 Å². The van der Waals surface area contributed by atoms with Crippen molar-refractivity contribution in [2.75, 3.05) is 13.2 Å². The van der Waals surface area contributed by atoms with Crippen LogP contribution in [0.1, 0.15) is 20.8 Å². The van der Waals surface area contributed by atoms with Gasteiger partial charge in [-0.05, 0) is 13.8 Å². The Morgan fingerprint density at radius 1 is 1.17 bits per heavy atom. The Bertz CT molecular complexity index is 293. The Morgan fingerprint density at radius 3 is 2.06 bits per heavy atom. The van der Waals surface area contributed by atoms with Gasteiger partial charge in [-0.3, -0.25) is 0 Å². The highest BCUT2D eigenvalue weighted by atomic mass is 19.4. The molecule has 0 aliphatic heterocycles. The number of halogens is 3. The fourth-order valence-corrected chi connectivity index (χ4v) is 1.11. The minimum absolute atomic E-state index is 0.0121. The molecule has 0 rings (SSSR count). The first-order chi connectivity index (χ1) is 8.23. The lowest BCUT2D eigenvalue weighted by Crippen LogP contribution is -2.50. The molecule has 0 saturated heterocycles. The first-order valence-corrected chi connectivity index (χ1v) is 5.40. The molecule has 0 heterocycles. The van der Waals surface area contributed by atoms with Crippen LogP contribution in [0.2, 0.25) is 0 Å². The van der Waals surface area contributed by atoms with E-state index in [0.717, 1.165) is 6.92 Å². The smallest absolute Gasteiger partial charge is 0.407 e. The molecular formula is C10H16F3NO4. The molecule has 106 valence electrons. The van der Waals surface area contributed by atoms with Crippen LogP contribution < -0.4 is 5.32 Å². The lowest BCUT2D eigenvalue weighted by Gasteiger charge is -2.24. The third kappa shape index (κ3) is 5.24. The molecule has 0 aromatic rings. The zero-order valence-electron chi connectivity index (χ0n) is 10.3. The molecule has 18 heavy (non-hydrogen) atoms. The highest BCUT2D eigenvalue weighted by molar-refractivity contribution is 5.81. The van der Waals surface area contributed by atoms with Gasteiger partial charge in [0.25, 0.3) is 0 Å². The summed E-state index contributed by atoms with van der Waals surface area (Å²) >= 11 is 0. The van der Waals surface area contributed by atoms with Crippen molar-refractivity contribution in [2.24, 2.45) is 5.92 Å². The van der Waals surface area contributed by atoms with Gasteiger partial charge in [-0.15, -0.1) is 0 Å². The van der Waals surface area contributed by atoms with Crippen LogP contribution in [-0.4, -0.2) is 37.5 Å². The minimum Gasteiger partial charge on any atom is -0.464 e. The van der Waals surface area contributed by atoms with Crippen LogP contribution in [-0.2, 0) is 14.3 Å². The monoisotopic (exact) mass is 271 g/mol. The van der Waals surface area contributed by atoms with Gasteiger partial charge in [-0.2, -0.15) is 13.2 Å². The molecule has 0 aromatic carbocycles. The largest absolute Gasteiger partial charge is 0.464 e. The standard InChI is InChI=1S/C10H16F3NO4/c1-4-17-8(15)7(6(3)10(11,12)13)14-9(16)18-5-2/h6-7H,4-5H2,1-3H3,(H,14,16). The van der Waals surface area contributed by atoms with E-state index in [1.165, 1.54) is 13.8 Å². The molecule has 0 aliphatic carbocycles. The maximum atomic E-state index is 12.5. The van der Waals surface area contributed by atoms with Crippen LogP contribution in [0.3, 0.4) is 0 Å². The van der Waals surface area contributed by atoms with E-state index < -0.39 is 30.2 Å². The molecule has 0 spiro atoms. The van der Waals surface area contributed by atoms with Crippen LogP contribution in [0.25, 0.3) is 0 Å². The number of esters is 1. The quantitative estimate of drug-likeness (QED) is 0.775. The molecule has 1 amide bonds. The van der Waals surface area contributed by atoms with Gasteiger partial charge in [0.1, 0.15) is 6.04 Å². The van der Waals surface area contributed by atoms with Gasteiger partial charge in [0.05, 0.1) is 19.1 Å². The normalized spacial score (nSPS) is 14.6. The lowest BCUT2D eigenvalue weighted by atomic mass is 10.0. The molecule has 0 saturated carbocycles. The lowest BCUT2D eigenvalue weighted by molar-refractivity contribution is -0.186. The second kappa shape index (κ2) is 7.07. The number of nitrogens with one attached hydrogen (secondary N) is 1. The van der Waals surface area contributed by atoms with Crippen LogP contribution in [0.4, 0.5) is 18.0 Å². The van der Waals surface area contributed by atoms with Crippen molar-refractivity contribution in [2.45, 2.75) is 33.0 Å². The van der Waals surface area contributed by atoms with E-state index in [4.69, 9.17) is 0 Å². The van der Waals surface area contributed by atoms with E-state index in [-0.39, 0.29) is 13.2 Å². The van der Waals surface area contributed by atoms with Gasteiger partial charge >= 0.3 is 18.2 Å². The number of hydrogen-bond donors (Lipinski definition) is 1. The van der Waals surface area contributed by atoms with Crippen molar-refractivity contribution >= 4 is 12.1 Å². The molecule has 0 aromatic heterocycles. The zero-order chi connectivity index (χ0) is 14.3. The van der Waals surface area contributed by atoms with Gasteiger partial charge < -0.3 is 14.8 Å². The van der Waals surface area contributed by atoms with Gasteiger partial charge in [-0.25, -0.2) is 9.59 Å². The van der Waals surface area contributed by atoms with Gasteiger partial charge in [0, 0.05) is 0 Å². The SMILES string of the molecule is CCOC(=O)NC(C(=O)OCC)C(C)C(F)(F)F. The summed E-state index contributed by atoms with van der Waals surface area (Å²) in [4.78, 5) is 22.5. The van der Waals surface area contributed by atoms with Crippen molar-refractivity contribution in [3.8, 4) is 0 Å². The Balaban J connectivity index is 4.83. The number of alkyl halides is 3. The van der Waals surface area contributed by atoms with Crippen molar-refractivity contribution in [3.05, 3.63) is 0 Å². The average molecular weight is 271 g/mol. The van der Waals surface area contributed by atoms with E-state index in [0.29, 0.717) is 0 Å². The molecule has 1 N–H and O–H groups in total. The summed E-state index contributed by atoms with van der Waals surface area (Å²) in [5.41, 5.74) is 0. The topological polar surface area (TPSA) is 64.6 Å². The predicted molar refractivity (Wildman–Crippen MR) is 55.8 cm³/mol. The zero-order valence-corrected chi connectivity index (χ0v) is 10.3. The molecule has 2 atom stereocenters. The van der Waals surface area contributed by atoms with E-state index in [9.17, 15) is 22.8 Å². The highest BCUT2D eigenvalue weighted by Gasteiger charge is 2.45. The van der Waals surface area contributed by atoms with Gasteiger partial charge in [0.2, 0.25) is 0 Å². The van der Waals surface area contributed by atoms with Crippen molar-refractivity contribution in [1.82, 2.24) is 5.32 Å².